The summed E-state index contributed by atoms with van der Waals surface area (Å²) in [6, 6.07) is 2.35. The number of carboxylic acid groups (broad SMARTS) is 1. The van der Waals surface area contributed by atoms with Gasteiger partial charge in [0.15, 0.2) is 0 Å². The van der Waals surface area contributed by atoms with E-state index in [2.05, 4.69) is 20.5 Å². The van der Waals surface area contributed by atoms with Gasteiger partial charge < -0.3 is 20.4 Å². The molecule has 146 valence electrons. The standard InChI is InChI=1S/C17H23N5O5/c23-12-3-6-21(7-4-12)8-5-13(19-17(26)27)11-1-2-14(18-9-11)22-10-15(24)20-16(22)25/h1-2,9,12-13,19,23H,3-8,10H2,(H,26,27)(H,20,24,25)/t13-/m1/s1. The molecular weight excluding hydrogens is 354 g/mol. The maximum Gasteiger partial charge on any atom is 0.405 e. The molecule has 10 nitrogen and oxygen atoms in total. The summed E-state index contributed by atoms with van der Waals surface area (Å²) in [6.07, 6.45) is 2.16. The molecule has 2 aliphatic heterocycles. The van der Waals surface area contributed by atoms with Crippen molar-refractivity contribution < 1.29 is 24.6 Å². The molecule has 2 aliphatic rings. The molecule has 2 saturated heterocycles. The van der Waals surface area contributed by atoms with Crippen LogP contribution in [0.2, 0.25) is 0 Å². The highest BCUT2D eigenvalue weighted by molar-refractivity contribution is 6.11. The van der Waals surface area contributed by atoms with Crippen molar-refractivity contribution in [3.05, 3.63) is 23.9 Å². The Morgan fingerprint density at radius 3 is 2.63 bits per heavy atom. The van der Waals surface area contributed by atoms with E-state index in [4.69, 9.17) is 5.11 Å². The summed E-state index contributed by atoms with van der Waals surface area (Å²) in [7, 11) is 0. The second kappa shape index (κ2) is 8.31. The lowest BCUT2D eigenvalue weighted by molar-refractivity contribution is -0.117. The van der Waals surface area contributed by atoms with Crippen molar-refractivity contribution in [3.8, 4) is 0 Å². The van der Waals surface area contributed by atoms with Gasteiger partial charge in [-0.3, -0.25) is 15.0 Å². The predicted octanol–water partition coefficient (Wildman–Crippen LogP) is 0.293. The van der Waals surface area contributed by atoms with Gasteiger partial charge in [-0.15, -0.1) is 0 Å². The fourth-order valence-corrected chi connectivity index (χ4v) is 3.32. The van der Waals surface area contributed by atoms with Crippen molar-refractivity contribution in [2.45, 2.75) is 31.4 Å². The third-order valence-electron chi connectivity index (χ3n) is 4.83. The van der Waals surface area contributed by atoms with E-state index in [1.165, 1.54) is 11.1 Å². The van der Waals surface area contributed by atoms with Crippen LogP contribution >= 0.6 is 0 Å². The number of urea groups is 1. The van der Waals surface area contributed by atoms with Crippen molar-refractivity contribution in [1.29, 1.82) is 0 Å². The molecule has 3 heterocycles. The van der Waals surface area contributed by atoms with E-state index in [-0.39, 0.29) is 18.6 Å². The Kier molecular flexibility index (Phi) is 5.87. The SMILES string of the molecule is O=C(O)N[C@H](CCN1CCC(O)CC1)c1ccc(N2CC(=O)NC2=O)nc1. The zero-order chi connectivity index (χ0) is 19.4. The first-order valence-corrected chi connectivity index (χ1v) is 8.89. The Morgan fingerprint density at radius 2 is 2.07 bits per heavy atom. The van der Waals surface area contributed by atoms with E-state index in [0.717, 1.165) is 25.9 Å². The molecule has 0 spiro atoms. The lowest BCUT2D eigenvalue weighted by Gasteiger charge is -2.30. The Balaban J connectivity index is 1.64. The van der Waals surface area contributed by atoms with Gasteiger partial charge in [-0.05, 0) is 30.9 Å². The summed E-state index contributed by atoms with van der Waals surface area (Å²) in [5.41, 5.74) is 0.684. The van der Waals surface area contributed by atoms with Crippen LogP contribution in [0.25, 0.3) is 0 Å². The molecule has 0 radical (unpaired) electrons. The van der Waals surface area contributed by atoms with E-state index in [9.17, 15) is 19.5 Å². The molecule has 2 fully saturated rings. The van der Waals surface area contributed by atoms with Gasteiger partial charge in [0.05, 0.1) is 12.1 Å². The number of amides is 4. The van der Waals surface area contributed by atoms with Gasteiger partial charge in [-0.1, -0.05) is 6.07 Å². The summed E-state index contributed by atoms with van der Waals surface area (Å²) >= 11 is 0. The molecule has 27 heavy (non-hydrogen) atoms. The number of imide groups is 1. The molecule has 0 aromatic carbocycles. The van der Waals surface area contributed by atoms with Gasteiger partial charge >= 0.3 is 12.1 Å². The van der Waals surface area contributed by atoms with E-state index in [1.807, 2.05) is 0 Å². The van der Waals surface area contributed by atoms with Gasteiger partial charge in [0, 0.05) is 25.8 Å². The second-order valence-electron chi connectivity index (χ2n) is 6.75. The minimum atomic E-state index is -1.12. The van der Waals surface area contributed by atoms with Crippen LogP contribution < -0.4 is 15.5 Å². The number of aliphatic hydroxyl groups is 1. The number of carbonyl (C=O) groups is 3. The topological polar surface area (TPSA) is 135 Å². The first-order valence-electron chi connectivity index (χ1n) is 8.89. The van der Waals surface area contributed by atoms with Gasteiger partial charge in [-0.25, -0.2) is 14.6 Å². The van der Waals surface area contributed by atoms with Crippen molar-refractivity contribution in [2.24, 2.45) is 0 Å². The smallest absolute Gasteiger partial charge is 0.405 e. The fourth-order valence-electron chi connectivity index (χ4n) is 3.32. The predicted molar refractivity (Wildman–Crippen MR) is 95.3 cm³/mol. The molecular formula is C17H23N5O5. The number of aromatic nitrogens is 1. The average Bonchev–Trinajstić information content (AvgIpc) is 2.98. The molecule has 4 amide bonds. The number of anilines is 1. The highest BCUT2D eigenvalue weighted by Crippen LogP contribution is 2.21. The maximum absolute atomic E-state index is 11.7. The Morgan fingerprint density at radius 1 is 1.33 bits per heavy atom. The van der Waals surface area contributed by atoms with Crippen LogP contribution in [0.15, 0.2) is 18.3 Å². The number of rotatable bonds is 6. The molecule has 3 rings (SSSR count). The molecule has 1 aromatic heterocycles. The molecule has 1 atom stereocenters. The van der Waals surface area contributed by atoms with Crippen molar-refractivity contribution in [2.75, 3.05) is 31.1 Å². The zero-order valence-corrected chi connectivity index (χ0v) is 14.8. The number of pyridine rings is 1. The zero-order valence-electron chi connectivity index (χ0n) is 14.8. The number of aliphatic hydroxyl groups excluding tert-OH is 1. The van der Waals surface area contributed by atoms with E-state index >= 15 is 0 Å². The minimum Gasteiger partial charge on any atom is -0.465 e. The minimum absolute atomic E-state index is 0.0806. The summed E-state index contributed by atoms with van der Waals surface area (Å²) in [6.45, 7) is 2.19. The highest BCUT2D eigenvalue weighted by Gasteiger charge is 2.29. The number of piperidine rings is 1. The van der Waals surface area contributed by atoms with Crippen LogP contribution in [0.5, 0.6) is 0 Å². The third-order valence-corrected chi connectivity index (χ3v) is 4.83. The van der Waals surface area contributed by atoms with Crippen LogP contribution in [0.3, 0.4) is 0 Å². The Bertz CT molecular complexity index is 702. The van der Waals surface area contributed by atoms with Gasteiger partial charge in [0.1, 0.15) is 12.4 Å². The number of nitrogens with zero attached hydrogens (tertiary/aromatic N) is 3. The van der Waals surface area contributed by atoms with Crippen LogP contribution in [0.1, 0.15) is 30.9 Å². The summed E-state index contributed by atoms with van der Waals surface area (Å²) < 4.78 is 0. The molecule has 0 saturated carbocycles. The lowest BCUT2D eigenvalue weighted by atomic mass is 10.0. The number of nitrogens with one attached hydrogen (secondary N) is 2. The van der Waals surface area contributed by atoms with Crippen molar-refractivity contribution >= 4 is 23.8 Å². The lowest BCUT2D eigenvalue weighted by Crippen LogP contribution is -2.38. The number of likely N-dealkylation sites (tertiary alicyclic amines) is 1. The third kappa shape index (κ3) is 4.92. The first-order chi connectivity index (χ1) is 12.9. The Hall–Kier alpha value is -2.72. The Labute approximate surface area is 156 Å². The van der Waals surface area contributed by atoms with E-state index in [0.29, 0.717) is 24.3 Å². The summed E-state index contributed by atoms with van der Waals surface area (Å²) in [4.78, 5) is 41.8. The quantitative estimate of drug-likeness (QED) is 0.523. The van der Waals surface area contributed by atoms with Crippen LogP contribution in [-0.2, 0) is 4.79 Å². The second-order valence-corrected chi connectivity index (χ2v) is 6.75. The molecule has 0 aliphatic carbocycles. The van der Waals surface area contributed by atoms with Crippen molar-refractivity contribution in [3.63, 3.8) is 0 Å². The van der Waals surface area contributed by atoms with Crippen LogP contribution in [0.4, 0.5) is 15.4 Å². The van der Waals surface area contributed by atoms with Gasteiger partial charge in [0.2, 0.25) is 5.91 Å². The first kappa shape index (κ1) is 19.1. The van der Waals surface area contributed by atoms with E-state index < -0.39 is 18.2 Å². The molecule has 4 N–H and O–H groups in total. The number of carbonyl (C=O) groups excluding carboxylic acids is 2. The highest BCUT2D eigenvalue weighted by atomic mass is 16.4. The molecule has 1 aromatic rings. The molecule has 10 heteroatoms. The maximum atomic E-state index is 11.7. The van der Waals surface area contributed by atoms with Crippen LogP contribution in [-0.4, -0.2) is 70.4 Å². The fraction of sp³-hybridized carbons (Fsp3) is 0.529. The normalized spacial score (nSPS) is 19.8. The van der Waals surface area contributed by atoms with Gasteiger partial charge in [0.25, 0.3) is 0 Å². The summed E-state index contributed by atoms with van der Waals surface area (Å²) in [5, 5.41) is 23.4. The van der Waals surface area contributed by atoms with Gasteiger partial charge in [-0.2, -0.15) is 0 Å². The largest absolute Gasteiger partial charge is 0.465 e. The van der Waals surface area contributed by atoms with Crippen LogP contribution in [0, 0.1) is 0 Å². The molecule has 0 unspecified atom stereocenters. The average molecular weight is 377 g/mol. The number of hydrogen-bond donors (Lipinski definition) is 4. The monoisotopic (exact) mass is 377 g/mol. The van der Waals surface area contributed by atoms with E-state index in [1.54, 1.807) is 12.1 Å². The summed E-state index contributed by atoms with van der Waals surface area (Å²) in [5.74, 6) is -0.0517. The number of hydrogen-bond acceptors (Lipinski definition) is 6. The molecule has 0 bridgehead atoms. The van der Waals surface area contributed by atoms with Crippen molar-refractivity contribution in [1.82, 2.24) is 20.5 Å².